The van der Waals surface area contributed by atoms with E-state index in [1.807, 2.05) is 75.8 Å². The van der Waals surface area contributed by atoms with Gasteiger partial charge in [0.1, 0.15) is 11.8 Å². The molecule has 0 amide bonds. The molecule has 0 aliphatic heterocycles. The lowest BCUT2D eigenvalue weighted by molar-refractivity contribution is -0.142. The third-order valence-corrected chi connectivity index (χ3v) is 24.3. The molecule has 16 rings (SSSR count). The van der Waals surface area contributed by atoms with Crippen LogP contribution >= 0.6 is 0 Å². The highest BCUT2D eigenvalue weighted by Gasteiger charge is 2.28. The molecule has 15 heteroatoms. The molecular weight excluding hydrogens is 1630 g/mol. The molecule has 1 unspecified atom stereocenters. The van der Waals surface area contributed by atoms with Crippen molar-refractivity contribution in [2.45, 2.75) is 296 Å². The minimum Gasteiger partial charge on any atom is -0.466 e. The SMILES string of the molecule is CC(C)(C)c1ccc2cc(C#N)[nH]c2c1.CC(C)(C)c1ccc2cc(C(C)(C)C)[nH]c2c1.CCC(C)c1c[nH]c2cc(C(C)(C)C)ccc12.CCOC(=O)Cc1c[nH]c2cc(C(C)(C)C)ccc12.CCOC(=O)c1c(C(C)(C)C)ccc2cc[nH]c12.CCOC(=O)c1cc(C(C)(C)C)cc2[nH]ccc12.Cc1cc2ccc(C(C)(C)C)cc2[nH]1.Cn1ccc2ccc(C(C)(C)C)cc21. The van der Waals surface area contributed by atoms with Crippen molar-refractivity contribution in [2.75, 3.05) is 19.8 Å². The first kappa shape index (κ1) is 104. The average Bonchev–Trinajstić information content (AvgIpc) is 1.52. The molecule has 0 fully saturated rings. The van der Waals surface area contributed by atoms with Crippen molar-refractivity contribution in [3.8, 4) is 6.07 Å². The first-order valence-corrected chi connectivity index (χ1v) is 47.1. The van der Waals surface area contributed by atoms with Crippen LogP contribution in [0.4, 0.5) is 0 Å². The van der Waals surface area contributed by atoms with Crippen molar-refractivity contribution in [3.63, 3.8) is 0 Å². The number of nitrogens with zero attached hydrogens (tertiary/aromatic N) is 2. The first-order chi connectivity index (χ1) is 61.4. The van der Waals surface area contributed by atoms with Gasteiger partial charge in [0, 0.05) is 120 Å². The number of hydrogen-bond donors (Lipinski definition) is 7. The van der Waals surface area contributed by atoms with Crippen LogP contribution in [0.25, 0.3) is 87.2 Å². The zero-order valence-electron chi connectivity index (χ0n) is 86.0. The maximum atomic E-state index is 12.2. The van der Waals surface area contributed by atoms with Crippen molar-refractivity contribution in [1.82, 2.24) is 39.5 Å². The van der Waals surface area contributed by atoms with Gasteiger partial charge in [-0.25, -0.2) is 9.59 Å². The molecule has 8 aromatic carbocycles. The van der Waals surface area contributed by atoms with Gasteiger partial charge in [-0.1, -0.05) is 286 Å². The summed E-state index contributed by atoms with van der Waals surface area (Å²) in [6, 6.07) is 62.2. The zero-order chi connectivity index (χ0) is 97.9. The fourth-order valence-corrected chi connectivity index (χ4v) is 15.7. The lowest BCUT2D eigenvalue weighted by Crippen LogP contribution is -2.18. The van der Waals surface area contributed by atoms with Crippen LogP contribution in [0.5, 0.6) is 0 Å². The number of fused-ring (bicyclic) bond motifs is 8. The fraction of sp³-hybridized carbons (Fsp3) is 0.419. The topological polar surface area (TPSA) is 218 Å². The van der Waals surface area contributed by atoms with Crippen LogP contribution in [-0.4, -0.2) is 77.2 Å². The van der Waals surface area contributed by atoms with Crippen LogP contribution in [0.1, 0.15) is 327 Å². The quantitative estimate of drug-likeness (QED) is 0.0547. The van der Waals surface area contributed by atoms with Gasteiger partial charge in [0.25, 0.3) is 0 Å². The molecule has 8 heterocycles. The minimum absolute atomic E-state index is 0.000540. The van der Waals surface area contributed by atoms with Crippen molar-refractivity contribution < 1.29 is 28.6 Å². The number of aromatic nitrogens is 8. The number of benzene rings is 8. The van der Waals surface area contributed by atoms with E-state index in [2.05, 4.69) is 406 Å². The van der Waals surface area contributed by atoms with Gasteiger partial charge in [0.05, 0.1) is 42.9 Å². The van der Waals surface area contributed by atoms with E-state index in [9.17, 15) is 14.4 Å². The Morgan fingerprint density at radius 2 is 0.818 bits per heavy atom. The second-order valence-electron chi connectivity index (χ2n) is 44.5. The van der Waals surface area contributed by atoms with Crippen LogP contribution < -0.4 is 0 Å². The summed E-state index contributed by atoms with van der Waals surface area (Å²) in [5, 5.41) is 18.2. The maximum Gasteiger partial charge on any atom is 0.340 e. The van der Waals surface area contributed by atoms with Crippen molar-refractivity contribution in [1.29, 1.82) is 5.26 Å². The molecule has 0 aliphatic rings. The standard InChI is InChI=1S/C16H21NO2.2C16H23N.2C15H19NO2.C13H14N2.2C13H17N/c1-5-19-15(18)8-11-10-17-14-9-12(16(2,3)4)6-7-13(11)14;1-15(2,3)12-8-7-11-9-14(16(4,5)6)17-13(11)10-12;1-6-11(2)14-10-17-15-9-12(16(3,4)5)7-8-13(14)15;1-5-18-14(17)12-8-10(15(2,3)4)9-13-11(12)6-7-16-13;1-5-18-14(17)12-11(15(2,3)4)7-6-10-8-9-16-13(10)12;1-13(2,3)10-5-4-9-6-11(8-14)15-12(9)7-10;1-9-7-10-5-6-11(13(2,3)4)8-12(10)14-9;1-13(2,3)11-6-5-10-7-8-14(4)12(10)9-11/h6-7,9-10,17H,5,8H2,1-4H3;7-10,17H,1-6H3;7-11,17H,6H2,1-5H3;2*6-9,16H,5H2,1-4H3;4-7,15H,1-3H3;5-8,14H,1-4H3;5-9H,1-4H3. The molecule has 0 bridgehead atoms. The van der Waals surface area contributed by atoms with E-state index >= 15 is 0 Å². The van der Waals surface area contributed by atoms with Crippen LogP contribution in [0.3, 0.4) is 0 Å². The Kier molecular flexibility index (Phi) is 32.9. The minimum atomic E-state index is -0.256. The maximum absolute atomic E-state index is 12.2. The van der Waals surface area contributed by atoms with Crippen molar-refractivity contribution >= 4 is 105 Å². The molecule has 15 nitrogen and oxygen atoms in total. The number of hydrogen-bond acceptors (Lipinski definition) is 7. The van der Waals surface area contributed by atoms with Crippen LogP contribution in [-0.2, 0) is 81.2 Å². The van der Waals surface area contributed by atoms with Gasteiger partial charge in [0.15, 0.2) is 0 Å². The fourth-order valence-electron chi connectivity index (χ4n) is 15.7. The van der Waals surface area contributed by atoms with Crippen molar-refractivity contribution in [3.05, 3.63) is 285 Å². The van der Waals surface area contributed by atoms with Gasteiger partial charge in [-0.3, -0.25) is 4.79 Å². The Balaban J connectivity index is 0.000000170. The van der Waals surface area contributed by atoms with Gasteiger partial charge in [-0.15, -0.1) is 0 Å². The molecular formula is C117H153N9O6. The number of nitriles is 1. The predicted molar refractivity (Wildman–Crippen MR) is 560 cm³/mol. The second kappa shape index (κ2) is 41.8. The smallest absolute Gasteiger partial charge is 0.340 e. The summed E-state index contributed by atoms with van der Waals surface area (Å²) in [7, 11) is 2.09. The number of carbonyl (C=O) groups is 3. The van der Waals surface area contributed by atoms with Gasteiger partial charge in [-0.05, 0) is 240 Å². The number of rotatable bonds is 9. The highest BCUT2D eigenvalue weighted by atomic mass is 16.5. The van der Waals surface area contributed by atoms with Crippen LogP contribution in [0.2, 0.25) is 0 Å². The first-order valence-electron chi connectivity index (χ1n) is 47.1. The number of aryl methyl sites for hydroxylation is 2. The molecule has 7 N–H and O–H groups in total. The average molecular weight is 1780 g/mol. The molecule has 1 atom stereocenters. The molecule has 132 heavy (non-hydrogen) atoms. The van der Waals surface area contributed by atoms with E-state index in [0.29, 0.717) is 49.0 Å². The summed E-state index contributed by atoms with van der Waals surface area (Å²) in [6.45, 7) is 72.8. The number of H-pyrrole nitrogens is 7. The summed E-state index contributed by atoms with van der Waals surface area (Å²) in [4.78, 5) is 58.7. The van der Waals surface area contributed by atoms with Gasteiger partial charge in [-0.2, -0.15) is 5.26 Å². The monoisotopic (exact) mass is 1780 g/mol. The van der Waals surface area contributed by atoms with E-state index in [0.717, 1.165) is 60.3 Å². The molecule has 0 saturated heterocycles. The lowest BCUT2D eigenvalue weighted by atomic mass is 9.83. The zero-order valence-corrected chi connectivity index (χ0v) is 86.0. The molecule has 0 saturated carbocycles. The van der Waals surface area contributed by atoms with Gasteiger partial charge < -0.3 is 53.7 Å². The number of nitrogens with one attached hydrogen (secondary N) is 7. The van der Waals surface area contributed by atoms with Crippen LogP contribution in [0, 0.1) is 18.3 Å². The molecule has 16 aromatic rings. The van der Waals surface area contributed by atoms with Crippen LogP contribution in [0.15, 0.2) is 201 Å². The Bertz CT molecular complexity index is 6630. The molecule has 0 radical (unpaired) electrons. The summed E-state index contributed by atoms with van der Waals surface area (Å²) >= 11 is 0. The predicted octanol–water partition coefficient (Wildman–Crippen LogP) is 31.2. The van der Waals surface area contributed by atoms with E-state index in [4.69, 9.17) is 19.5 Å². The molecule has 0 aliphatic carbocycles. The van der Waals surface area contributed by atoms with Gasteiger partial charge >= 0.3 is 17.9 Å². The molecule has 0 spiro atoms. The Morgan fingerprint density at radius 3 is 1.33 bits per heavy atom. The third-order valence-electron chi connectivity index (χ3n) is 24.3. The van der Waals surface area contributed by atoms with E-state index in [1.54, 1.807) is 0 Å². The van der Waals surface area contributed by atoms with E-state index in [-0.39, 0.29) is 66.6 Å². The summed E-state index contributed by atoms with van der Waals surface area (Å²) in [5.74, 6) is -0.0591. The highest BCUT2D eigenvalue weighted by Crippen LogP contribution is 2.38. The van der Waals surface area contributed by atoms with Gasteiger partial charge in [0.2, 0.25) is 0 Å². The van der Waals surface area contributed by atoms with E-state index in [1.165, 1.54) is 100 Å². The number of ether oxygens (including phenoxy) is 3. The number of carbonyl (C=O) groups excluding carboxylic acids is 3. The molecule has 8 aromatic heterocycles. The Hall–Kier alpha value is -12.0. The normalized spacial score (nSPS) is 12.4. The largest absolute Gasteiger partial charge is 0.466 e. The number of esters is 3. The second-order valence-corrected chi connectivity index (χ2v) is 44.5. The van der Waals surface area contributed by atoms with E-state index < -0.39 is 0 Å². The highest BCUT2D eigenvalue weighted by molar-refractivity contribution is 6.06. The summed E-state index contributed by atoms with van der Waals surface area (Å²) in [6.07, 6.45) is 11.4. The Morgan fingerprint density at radius 1 is 0.386 bits per heavy atom. The van der Waals surface area contributed by atoms with Crippen molar-refractivity contribution in [2.24, 2.45) is 7.05 Å². The summed E-state index contributed by atoms with van der Waals surface area (Å²) < 4.78 is 17.5. The Labute approximate surface area is 787 Å². The lowest BCUT2D eigenvalue weighted by Gasteiger charge is -2.22. The molecule has 702 valence electrons. The number of aromatic amines is 7. The summed E-state index contributed by atoms with van der Waals surface area (Å²) in [5.41, 5.74) is 27.4. The third kappa shape index (κ3) is 26.9.